The molecule has 1 aromatic carbocycles. The Kier molecular flexibility index (Phi) is 6.47. The highest BCUT2D eigenvalue weighted by Gasteiger charge is 2.31. The van der Waals surface area contributed by atoms with E-state index in [2.05, 4.69) is 26.1 Å². The first-order valence-electron chi connectivity index (χ1n) is 9.20. The van der Waals surface area contributed by atoms with Crippen molar-refractivity contribution in [1.82, 2.24) is 14.5 Å². The number of hydrogen-bond donors (Lipinski definition) is 1. The summed E-state index contributed by atoms with van der Waals surface area (Å²) in [5.74, 6) is -0.0124. The second-order valence-corrected chi connectivity index (χ2v) is 9.72. The van der Waals surface area contributed by atoms with Crippen LogP contribution in [0.1, 0.15) is 40.2 Å². The van der Waals surface area contributed by atoms with Gasteiger partial charge in [-0.2, -0.15) is 4.31 Å². The summed E-state index contributed by atoms with van der Waals surface area (Å²) >= 11 is 0. The van der Waals surface area contributed by atoms with Gasteiger partial charge in [-0.3, -0.25) is 9.69 Å². The summed E-state index contributed by atoms with van der Waals surface area (Å²) in [5, 5.41) is 2.81. The van der Waals surface area contributed by atoms with Gasteiger partial charge in [0.15, 0.2) is 0 Å². The third kappa shape index (κ3) is 4.64. The summed E-state index contributed by atoms with van der Waals surface area (Å²) in [6.07, 6.45) is 0. The maximum atomic E-state index is 12.9. The highest BCUT2D eigenvalue weighted by molar-refractivity contribution is 7.89. The lowest BCUT2D eigenvalue weighted by molar-refractivity contribution is -0.126. The molecular weight excluding hydrogens is 350 g/mol. The Bertz CT molecular complexity index is 715. The van der Waals surface area contributed by atoms with E-state index in [9.17, 15) is 13.2 Å². The Hall–Kier alpha value is -1.44. The largest absolute Gasteiger partial charge is 0.355 e. The van der Waals surface area contributed by atoms with Crippen LogP contribution < -0.4 is 5.32 Å². The Morgan fingerprint density at radius 1 is 1.12 bits per heavy atom. The molecule has 1 aliphatic heterocycles. The summed E-state index contributed by atoms with van der Waals surface area (Å²) in [7, 11) is -3.50. The molecule has 1 aromatic rings. The topological polar surface area (TPSA) is 69.7 Å². The van der Waals surface area contributed by atoms with Crippen molar-refractivity contribution < 1.29 is 13.2 Å². The maximum absolute atomic E-state index is 12.9. The van der Waals surface area contributed by atoms with Crippen LogP contribution in [0, 0.1) is 0 Å². The molecular formula is C19H31N3O3S. The monoisotopic (exact) mass is 381 g/mol. The van der Waals surface area contributed by atoms with Gasteiger partial charge in [-0.15, -0.1) is 0 Å². The van der Waals surface area contributed by atoms with Gasteiger partial charge in [0.2, 0.25) is 15.9 Å². The molecule has 0 radical (unpaired) electrons. The fraction of sp³-hybridized carbons (Fsp3) is 0.632. The molecule has 0 unspecified atom stereocenters. The van der Waals surface area contributed by atoms with E-state index in [1.165, 1.54) is 4.31 Å². The lowest BCUT2D eigenvalue weighted by atomic mass is 9.87. The fourth-order valence-electron chi connectivity index (χ4n) is 3.09. The molecule has 0 aliphatic carbocycles. The molecule has 0 spiro atoms. The van der Waals surface area contributed by atoms with Crippen LogP contribution in [0.15, 0.2) is 29.2 Å². The van der Waals surface area contributed by atoms with Gasteiger partial charge in [-0.1, -0.05) is 32.9 Å². The van der Waals surface area contributed by atoms with Crippen molar-refractivity contribution in [1.29, 1.82) is 0 Å². The molecule has 0 aromatic heterocycles. The van der Waals surface area contributed by atoms with Gasteiger partial charge in [0.25, 0.3) is 0 Å². The summed E-state index contributed by atoms with van der Waals surface area (Å²) < 4.78 is 27.3. The zero-order chi connectivity index (χ0) is 19.5. The van der Waals surface area contributed by atoms with Gasteiger partial charge in [-0.05, 0) is 37.0 Å². The normalized spacial score (nSPS) is 18.5. The Morgan fingerprint density at radius 3 is 2.12 bits per heavy atom. The Morgan fingerprint density at radius 2 is 1.65 bits per heavy atom. The van der Waals surface area contributed by atoms with E-state index >= 15 is 0 Å². The predicted molar refractivity (Wildman–Crippen MR) is 104 cm³/mol. The van der Waals surface area contributed by atoms with E-state index in [0.29, 0.717) is 37.6 Å². The molecule has 1 amide bonds. The van der Waals surface area contributed by atoms with Crippen LogP contribution in [0.2, 0.25) is 0 Å². The molecule has 2 rings (SSSR count). The molecule has 1 heterocycles. The number of sulfonamides is 1. The van der Waals surface area contributed by atoms with Crippen molar-refractivity contribution in [2.24, 2.45) is 0 Å². The number of rotatable bonds is 5. The van der Waals surface area contributed by atoms with Crippen LogP contribution in [0.25, 0.3) is 0 Å². The summed E-state index contributed by atoms with van der Waals surface area (Å²) in [6, 6.07) is 6.92. The number of hydrogen-bond acceptors (Lipinski definition) is 4. The van der Waals surface area contributed by atoms with Gasteiger partial charge in [0, 0.05) is 32.7 Å². The standard InChI is InChI=1S/C19H31N3O3S/c1-6-20-18(23)15(2)21-11-13-22(14-12-21)26(24,25)17-9-7-16(8-10-17)19(3,4)5/h7-10,15H,6,11-14H2,1-5H3,(H,20,23)/t15-/m0/s1. The van der Waals surface area contributed by atoms with Crippen molar-refractivity contribution >= 4 is 15.9 Å². The van der Waals surface area contributed by atoms with Crippen LogP contribution in [-0.2, 0) is 20.2 Å². The van der Waals surface area contributed by atoms with Crippen molar-refractivity contribution in [2.45, 2.75) is 51.0 Å². The summed E-state index contributed by atoms with van der Waals surface area (Å²) in [4.78, 5) is 14.3. The third-order valence-electron chi connectivity index (χ3n) is 4.91. The Labute approximate surface area is 157 Å². The van der Waals surface area contributed by atoms with Gasteiger partial charge < -0.3 is 5.32 Å². The van der Waals surface area contributed by atoms with Crippen LogP contribution in [0.5, 0.6) is 0 Å². The van der Waals surface area contributed by atoms with Crippen molar-refractivity contribution in [3.63, 3.8) is 0 Å². The number of carbonyl (C=O) groups excluding carboxylic acids is 1. The average molecular weight is 382 g/mol. The lowest BCUT2D eigenvalue weighted by Crippen LogP contribution is -2.54. The van der Waals surface area contributed by atoms with E-state index in [4.69, 9.17) is 0 Å². The van der Waals surface area contributed by atoms with Crippen LogP contribution in [-0.4, -0.2) is 62.3 Å². The maximum Gasteiger partial charge on any atom is 0.243 e. The molecule has 146 valence electrons. The zero-order valence-electron chi connectivity index (χ0n) is 16.4. The molecule has 1 aliphatic rings. The van der Waals surface area contributed by atoms with E-state index in [1.54, 1.807) is 12.1 Å². The molecule has 26 heavy (non-hydrogen) atoms. The molecule has 1 atom stereocenters. The van der Waals surface area contributed by atoms with Gasteiger partial charge in [0.05, 0.1) is 10.9 Å². The highest BCUT2D eigenvalue weighted by atomic mass is 32.2. The quantitative estimate of drug-likeness (QED) is 0.845. The highest BCUT2D eigenvalue weighted by Crippen LogP contribution is 2.25. The molecule has 7 heteroatoms. The predicted octanol–water partition coefficient (Wildman–Crippen LogP) is 1.81. The number of benzene rings is 1. The minimum absolute atomic E-state index is 0.0108. The van der Waals surface area contributed by atoms with Crippen molar-refractivity contribution in [2.75, 3.05) is 32.7 Å². The first kappa shape index (κ1) is 20.9. The van der Waals surface area contributed by atoms with E-state index in [1.807, 2.05) is 30.9 Å². The number of carbonyl (C=O) groups is 1. The molecule has 0 bridgehead atoms. The number of nitrogens with one attached hydrogen (secondary N) is 1. The van der Waals surface area contributed by atoms with Gasteiger partial charge in [-0.25, -0.2) is 8.42 Å². The second kappa shape index (κ2) is 8.06. The van der Waals surface area contributed by atoms with E-state index in [0.717, 1.165) is 5.56 Å². The fourth-order valence-corrected chi connectivity index (χ4v) is 4.52. The third-order valence-corrected chi connectivity index (χ3v) is 6.82. The SMILES string of the molecule is CCNC(=O)[C@H](C)N1CCN(S(=O)(=O)c2ccc(C(C)(C)C)cc2)CC1. The molecule has 1 fully saturated rings. The van der Waals surface area contributed by atoms with Gasteiger partial charge in [0.1, 0.15) is 0 Å². The average Bonchev–Trinajstić information content (AvgIpc) is 2.60. The first-order valence-corrected chi connectivity index (χ1v) is 10.6. The first-order chi connectivity index (χ1) is 12.1. The number of likely N-dealkylation sites (N-methyl/N-ethyl adjacent to an activating group) is 1. The van der Waals surface area contributed by atoms with E-state index in [-0.39, 0.29) is 17.4 Å². The molecule has 1 N–H and O–H groups in total. The zero-order valence-corrected chi connectivity index (χ0v) is 17.3. The van der Waals surface area contributed by atoms with Crippen LogP contribution in [0.4, 0.5) is 0 Å². The van der Waals surface area contributed by atoms with Crippen molar-refractivity contribution in [3.8, 4) is 0 Å². The van der Waals surface area contributed by atoms with Gasteiger partial charge >= 0.3 is 0 Å². The lowest BCUT2D eigenvalue weighted by Gasteiger charge is -2.36. The molecule has 6 nitrogen and oxygen atoms in total. The Balaban J connectivity index is 2.05. The van der Waals surface area contributed by atoms with Crippen molar-refractivity contribution in [3.05, 3.63) is 29.8 Å². The molecule has 1 saturated heterocycles. The minimum atomic E-state index is -3.50. The number of piperazine rings is 1. The number of amides is 1. The smallest absolute Gasteiger partial charge is 0.243 e. The van der Waals surface area contributed by atoms with E-state index < -0.39 is 10.0 Å². The summed E-state index contributed by atoms with van der Waals surface area (Å²) in [6.45, 7) is 12.6. The number of nitrogens with zero attached hydrogens (tertiary/aromatic N) is 2. The van der Waals surface area contributed by atoms with Crippen LogP contribution >= 0.6 is 0 Å². The molecule has 0 saturated carbocycles. The minimum Gasteiger partial charge on any atom is -0.355 e. The van der Waals surface area contributed by atoms with Crippen LogP contribution in [0.3, 0.4) is 0 Å². The second-order valence-electron chi connectivity index (χ2n) is 7.78. The summed E-state index contributed by atoms with van der Waals surface area (Å²) in [5.41, 5.74) is 1.10.